The van der Waals surface area contributed by atoms with E-state index in [1.54, 1.807) is 7.11 Å². The molecule has 2 aromatic rings. The van der Waals surface area contributed by atoms with Gasteiger partial charge in [-0.05, 0) is 41.5 Å². The molecule has 0 bridgehead atoms. The van der Waals surface area contributed by atoms with Gasteiger partial charge in [0.2, 0.25) is 0 Å². The lowest BCUT2D eigenvalue weighted by Crippen LogP contribution is -2.31. The minimum atomic E-state index is -0.720. The van der Waals surface area contributed by atoms with Crippen LogP contribution in [0, 0.1) is 0 Å². The second kappa shape index (κ2) is 6.70. The van der Waals surface area contributed by atoms with Crippen molar-refractivity contribution in [2.75, 3.05) is 20.3 Å². The number of fused-ring (bicyclic) bond motifs is 1. The normalized spacial score (nSPS) is 14.2. The predicted octanol–water partition coefficient (Wildman–Crippen LogP) is 1.85. The molecule has 0 aliphatic rings. The molecule has 2 aromatic carbocycles. The van der Waals surface area contributed by atoms with Crippen molar-refractivity contribution >= 4 is 10.8 Å². The SMILES string of the molecule is COc1ccc2cc(C(C)NCC(O)CO)ccc2c1. The monoisotopic (exact) mass is 275 g/mol. The van der Waals surface area contributed by atoms with Crippen LogP contribution < -0.4 is 10.1 Å². The van der Waals surface area contributed by atoms with Gasteiger partial charge < -0.3 is 20.3 Å². The van der Waals surface area contributed by atoms with Crippen molar-refractivity contribution in [3.8, 4) is 5.75 Å². The fraction of sp³-hybridized carbons (Fsp3) is 0.375. The third kappa shape index (κ3) is 3.48. The molecular formula is C16H21NO3. The maximum absolute atomic E-state index is 9.36. The van der Waals surface area contributed by atoms with Crippen LogP contribution in [0.2, 0.25) is 0 Å². The van der Waals surface area contributed by atoms with Crippen molar-refractivity contribution in [3.63, 3.8) is 0 Å². The van der Waals surface area contributed by atoms with E-state index in [2.05, 4.69) is 23.5 Å². The third-order valence-corrected chi connectivity index (χ3v) is 3.44. The van der Waals surface area contributed by atoms with Gasteiger partial charge in [-0.15, -0.1) is 0 Å². The summed E-state index contributed by atoms with van der Waals surface area (Å²) in [7, 11) is 1.66. The summed E-state index contributed by atoms with van der Waals surface area (Å²) in [5.74, 6) is 0.850. The summed E-state index contributed by atoms with van der Waals surface area (Å²) in [6.45, 7) is 2.18. The highest BCUT2D eigenvalue weighted by Gasteiger charge is 2.08. The van der Waals surface area contributed by atoms with Gasteiger partial charge in [-0.1, -0.05) is 18.2 Å². The lowest BCUT2D eigenvalue weighted by molar-refractivity contribution is 0.0924. The van der Waals surface area contributed by atoms with Crippen LogP contribution in [-0.4, -0.2) is 36.6 Å². The Morgan fingerprint density at radius 1 is 1.15 bits per heavy atom. The number of benzene rings is 2. The Morgan fingerprint density at radius 3 is 2.55 bits per heavy atom. The van der Waals surface area contributed by atoms with Crippen LogP contribution in [0.25, 0.3) is 10.8 Å². The highest BCUT2D eigenvalue weighted by atomic mass is 16.5. The summed E-state index contributed by atoms with van der Waals surface area (Å²) in [5.41, 5.74) is 1.15. The van der Waals surface area contributed by atoms with Crippen LogP contribution in [-0.2, 0) is 0 Å². The van der Waals surface area contributed by atoms with Crippen LogP contribution in [0.15, 0.2) is 36.4 Å². The zero-order valence-corrected chi connectivity index (χ0v) is 11.8. The second-order valence-electron chi connectivity index (χ2n) is 4.94. The highest BCUT2D eigenvalue weighted by molar-refractivity contribution is 5.84. The quantitative estimate of drug-likeness (QED) is 0.753. The first-order valence-corrected chi connectivity index (χ1v) is 6.74. The average Bonchev–Trinajstić information content (AvgIpc) is 2.50. The Hall–Kier alpha value is -1.62. The molecular weight excluding hydrogens is 254 g/mol. The Kier molecular flexibility index (Phi) is 4.95. The molecule has 0 saturated heterocycles. The predicted molar refractivity (Wildman–Crippen MR) is 80.0 cm³/mol. The van der Waals surface area contributed by atoms with E-state index in [-0.39, 0.29) is 12.6 Å². The Balaban J connectivity index is 2.14. The van der Waals surface area contributed by atoms with Crippen LogP contribution in [0.1, 0.15) is 18.5 Å². The summed E-state index contributed by atoms with van der Waals surface area (Å²) < 4.78 is 5.21. The number of aliphatic hydroxyl groups is 2. The van der Waals surface area contributed by atoms with Crippen molar-refractivity contribution in [1.29, 1.82) is 0 Å². The van der Waals surface area contributed by atoms with Gasteiger partial charge in [0.05, 0.1) is 19.8 Å². The van der Waals surface area contributed by atoms with Gasteiger partial charge in [-0.3, -0.25) is 0 Å². The molecule has 20 heavy (non-hydrogen) atoms. The number of nitrogens with one attached hydrogen (secondary N) is 1. The van der Waals surface area contributed by atoms with Gasteiger partial charge in [-0.25, -0.2) is 0 Å². The van der Waals surface area contributed by atoms with Crippen LogP contribution in [0.4, 0.5) is 0 Å². The summed E-state index contributed by atoms with van der Waals surface area (Å²) in [5, 5.41) is 23.7. The van der Waals surface area contributed by atoms with Gasteiger partial charge >= 0.3 is 0 Å². The molecule has 3 N–H and O–H groups in total. The Labute approximate surface area is 119 Å². The van der Waals surface area contributed by atoms with Crippen molar-refractivity contribution in [3.05, 3.63) is 42.0 Å². The number of hydrogen-bond donors (Lipinski definition) is 3. The molecule has 4 heteroatoms. The number of rotatable bonds is 6. The van der Waals surface area contributed by atoms with E-state index in [0.717, 1.165) is 22.1 Å². The standard InChI is InChI=1S/C16H21NO3/c1-11(17-9-15(19)10-18)12-3-4-14-8-16(20-2)6-5-13(14)7-12/h3-8,11,15,17-19H,9-10H2,1-2H3. The topological polar surface area (TPSA) is 61.7 Å². The van der Waals surface area contributed by atoms with Crippen molar-refractivity contribution in [2.45, 2.75) is 19.1 Å². The molecule has 2 rings (SSSR count). The zero-order valence-electron chi connectivity index (χ0n) is 11.8. The summed E-state index contributed by atoms with van der Waals surface area (Å²) in [6.07, 6.45) is -0.720. The number of aliphatic hydroxyl groups excluding tert-OH is 2. The molecule has 0 amide bonds. The molecule has 2 unspecified atom stereocenters. The van der Waals surface area contributed by atoms with E-state index >= 15 is 0 Å². The second-order valence-corrected chi connectivity index (χ2v) is 4.94. The van der Waals surface area contributed by atoms with Gasteiger partial charge in [0.25, 0.3) is 0 Å². The molecule has 0 saturated carbocycles. The fourth-order valence-electron chi connectivity index (χ4n) is 2.13. The van der Waals surface area contributed by atoms with Crippen LogP contribution in [0.3, 0.4) is 0 Å². The molecule has 2 atom stereocenters. The molecule has 0 heterocycles. The van der Waals surface area contributed by atoms with Crippen molar-refractivity contribution in [1.82, 2.24) is 5.32 Å². The molecule has 0 spiro atoms. The molecule has 108 valence electrons. The maximum Gasteiger partial charge on any atom is 0.119 e. The van der Waals surface area contributed by atoms with Crippen molar-refractivity contribution in [2.24, 2.45) is 0 Å². The van der Waals surface area contributed by atoms with Crippen LogP contribution >= 0.6 is 0 Å². The lowest BCUT2D eigenvalue weighted by Gasteiger charge is -2.17. The Bertz CT molecular complexity index is 571. The molecule has 0 aromatic heterocycles. The molecule has 0 radical (unpaired) electrons. The smallest absolute Gasteiger partial charge is 0.119 e. The van der Waals surface area contributed by atoms with Gasteiger partial charge in [0.1, 0.15) is 5.75 Å². The third-order valence-electron chi connectivity index (χ3n) is 3.44. The number of ether oxygens (including phenoxy) is 1. The van der Waals surface area contributed by atoms with E-state index in [0.29, 0.717) is 6.54 Å². The van der Waals surface area contributed by atoms with Gasteiger partial charge in [-0.2, -0.15) is 0 Å². The lowest BCUT2D eigenvalue weighted by atomic mass is 10.0. The first kappa shape index (κ1) is 14.8. The van der Waals surface area contributed by atoms with Gasteiger partial charge in [0, 0.05) is 12.6 Å². The van der Waals surface area contributed by atoms with Crippen molar-refractivity contribution < 1.29 is 14.9 Å². The van der Waals surface area contributed by atoms with E-state index in [9.17, 15) is 5.11 Å². The minimum Gasteiger partial charge on any atom is -0.497 e. The van der Waals surface area contributed by atoms with E-state index in [1.165, 1.54) is 0 Å². The Morgan fingerprint density at radius 2 is 1.85 bits per heavy atom. The number of methoxy groups -OCH3 is 1. The fourth-order valence-corrected chi connectivity index (χ4v) is 2.13. The van der Waals surface area contributed by atoms with E-state index in [1.807, 2.05) is 25.1 Å². The molecule has 0 fully saturated rings. The van der Waals surface area contributed by atoms with E-state index < -0.39 is 6.10 Å². The van der Waals surface area contributed by atoms with Gasteiger partial charge in [0.15, 0.2) is 0 Å². The summed E-state index contributed by atoms with van der Waals surface area (Å²) in [4.78, 5) is 0. The summed E-state index contributed by atoms with van der Waals surface area (Å²) >= 11 is 0. The average molecular weight is 275 g/mol. The molecule has 4 nitrogen and oxygen atoms in total. The molecule has 0 aliphatic carbocycles. The summed E-state index contributed by atoms with van der Waals surface area (Å²) in [6, 6.07) is 12.3. The highest BCUT2D eigenvalue weighted by Crippen LogP contribution is 2.24. The largest absolute Gasteiger partial charge is 0.497 e. The molecule has 0 aliphatic heterocycles. The first-order valence-electron chi connectivity index (χ1n) is 6.74. The minimum absolute atomic E-state index is 0.114. The van der Waals surface area contributed by atoms with Crippen LogP contribution in [0.5, 0.6) is 5.75 Å². The number of hydrogen-bond acceptors (Lipinski definition) is 4. The van der Waals surface area contributed by atoms with E-state index in [4.69, 9.17) is 9.84 Å². The maximum atomic E-state index is 9.36. The first-order chi connectivity index (χ1) is 9.63. The zero-order chi connectivity index (χ0) is 14.5.